The Balaban J connectivity index is 1.30. The zero-order valence-electron chi connectivity index (χ0n) is 21.8. The molecule has 1 atom stereocenters. The summed E-state index contributed by atoms with van der Waals surface area (Å²) in [5.41, 5.74) is 4.38. The number of carboxylic acids is 1. The molecular formula is C27H32F3N5O3. The monoisotopic (exact) mass is 531 g/mol. The predicted molar refractivity (Wildman–Crippen MR) is 133 cm³/mol. The van der Waals surface area contributed by atoms with Gasteiger partial charge in [0.2, 0.25) is 5.82 Å². The van der Waals surface area contributed by atoms with Gasteiger partial charge in [-0.1, -0.05) is 31.1 Å². The number of piperidine rings is 1. The number of nitrogens with zero attached hydrogens (tertiary/aromatic N) is 5. The lowest BCUT2D eigenvalue weighted by molar-refractivity contribution is -0.187. The van der Waals surface area contributed by atoms with E-state index < -0.39 is 24.1 Å². The molecule has 0 saturated carbocycles. The van der Waals surface area contributed by atoms with Crippen molar-refractivity contribution in [3.63, 3.8) is 0 Å². The topological polar surface area (TPSA) is 97.3 Å². The third-order valence-corrected chi connectivity index (χ3v) is 7.94. The maximum absolute atomic E-state index is 13.9. The van der Waals surface area contributed by atoms with E-state index >= 15 is 0 Å². The quantitative estimate of drug-likeness (QED) is 0.482. The normalized spacial score (nSPS) is 19.3. The van der Waals surface area contributed by atoms with Crippen LogP contribution in [0.2, 0.25) is 0 Å². The highest BCUT2D eigenvalue weighted by atomic mass is 19.4. The molecule has 1 aromatic carbocycles. The highest BCUT2D eigenvalue weighted by Crippen LogP contribution is 2.38. The maximum Gasteiger partial charge on any atom is 0.404 e. The van der Waals surface area contributed by atoms with Crippen molar-refractivity contribution in [2.24, 2.45) is 18.4 Å². The first-order chi connectivity index (χ1) is 17.9. The Morgan fingerprint density at radius 3 is 2.53 bits per heavy atom. The van der Waals surface area contributed by atoms with Crippen LogP contribution in [0, 0.1) is 11.3 Å². The van der Waals surface area contributed by atoms with Gasteiger partial charge in [-0.3, -0.25) is 14.4 Å². The van der Waals surface area contributed by atoms with E-state index in [1.807, 2.05) is 11.7 Å². The Labute approximate surface area is 218 Å². The van der Waals surface area contributed by atoms with Gasteiger partial charge in [-0.25, -0.2) is 0 Å². The lowest BCUT2D eigenvalue weighted by atomic mass is 9.76. The molecule has 0 spiro atoms. The van der Waals surface area contributed by atoms with Crippen molar-refractivity contribution in [2.75, 3.05) is 13.1 Å². The van der Waals surface area contributed by atoms with Crippen LogP contribution >= 0.6 is 0 Å². The second-order valence-corrected chi connectivity index (χ2v) is 11.3. The minimum Gasteiger partial charge on any atom is -0.481 e. The number of likely N-dealkylation sites (tertiary alicyclic amines) is 1. The highest BCUT2D eigenvalue weighted by molar-refractivity contribution is 5.70. The van der Waals surface area contributed by atoms with Crippen molar-refractivity contribution in [1.82, 2.24) is 24.8 Å². The molecule has 2 aromatic heterocycles. The van der Waals surface area contributed by atoms with Gasteiger partial charge in [-0.2, -0.15) is 23.3 Å². The van der Waals surface area contributed by atoms with E-state index in [0.717, 1.165) is 24.8 Å². The first-order valence-electron chi connectivity index (χ1n) is 12.9. The van der Waals surface area contributed by atoms with Crippen LogP contribution < -0.4 is 0 Å². The number of rotatable bonds is 6. The molecule has 3 heterocycles. The summed E-state index contributed by atoms with van der Waals surface area (Å²) < 4.78 is 49.1. The molecule has 1 saturated heterocycles. The molecule has 5 rings (SSSR count). The summed E-state index contributed by atoms with van der Waals surface area (Å²) in [6, 6.07) is 5.00. The Hall–Kier alpha value is -3.21. The van der Waals surface area contributed by atoms with E-state index in [1.165, 1.54) is 10.6 Å². The number of carboxylic acid groups (broad SMARTS) is 1. The number of halogens is 3. The van der Waals surface area contributed by atoms with Crippen LogP contribution in [-0.2, 0) is 31.1 Å². The number of hydrogen-bond acceptors (Lipinski definition) is 6. The average Bonchev–Trinajstić information content (AvgIpc) is 3.46. The van der Waals surface area contributed by atoms with E-state index in [2.05, 4.69) is 29.1 Å². The van der Waals surface area contributed by atoms with E-state index in [0.29, 0.717) is 22.6 Å². The number of benzene rings is 1. The van der Waals surface area contributed by atoms with Crippen LogP contribution in [0.4, 0.5) is 13.2 Å². The van der Waals surface area contributed by atoms with E-state index in [9.17, 15) is 18.0 Å². The molecule has 38 heavy (non-hydrogen) atoms. The summed E-state index contributed by atoms with van der Waals surface area (Å²) in [7, 11) is 1.92. The van der Waals surface area contributed by atoms with Crippen LogP contribution in [0.3, 0.4) is 0 Å². The van der Waals surface area contributed by atoms with Gasteiger partial charge in [0.15, 0.2) is 0 Å². The van der Waals surface area contributed by atoms with Crippen molar-refractivity contribution in [1.29, 1.82) is 0 Å². The van der Waals surface area contributed by atoms with Crippen molar-refractivity contribution in [3.8, 4) is 23.0 Å². The molecule has 0 radical (unpaired) electrons. The van der Waals surface area contributed by atoms with Crippen molar-refractivity contribution in [3.05, 3.63) is 41.1 Å². The van der Waals surface area contributed by atoms with Gasteiger partial charge >= 0.3 is 12.1 Å². The van der Waals surface area contributed by atoms with Gasteiger partial charge in [-0.05, 0) is 74.7 Å². The molecule has 1 aliphatic heterocycles. The maximum atomic E-state index is 13.9. The number of aryl methyl sites for hydroxylation is 1. The third-order valence-electron chi connectivity index (χ3n) is 7.94. The van der Waals surface area contributed by atoms with Gasteiger partial charge in [0, 0.05) is 23.9 Å². The lowest BCUT2D eigenvalue weighted by Gasteiger charge is -2.37. The highest BCUT2D eigenvalue weighted by Gasteiger charge is 2.44. The fraction of sp³-hybridized carbons (Fsp3) is 0.556. The van der Waals surface area contributed by atoms with Gasteiger partial charge < -0.3 is 9.63 Å². The van der Waals surface area contributed by atoms with Crippen molar-refractivity contribution >= 4 is 5.97 Å². The fourth-order valence-corrected chi connectivity index (χ4v) is 5.62. The summed E-state index contributed by atoms with van der Waals surface area (Å²) >= 11 is 0. The molecule has 3 aromatic rings. The van der Waals surface area contributed by atoms with Crippen LogP contribution in [0.15, 0.2) is 28.8 Å². The summed E-state index contributed by atoms with van der Waals surface area (Å²) in [5.74, 6) is -0.838. The smallest absolute Gasteiger partial charge is 0.404 e. The summed E-state index contributed by atoms with van der Waals surface area (Å²) in [5, 5.41) is 17.9. The standard InChI is InChI=1S/C27H32F3N5O3/c1-26(2)11-8-19-20(15-26)34(3)32-22(19)23-31-24(38-33-23)17-6-4-16(5-7-17)14-21(27(28,29)30)35-12-9-18(10-13-35)25(36)37/h4-7,18,21H,8-15H2,1-3H3,(H,36,37). The molecule has 2 aliphatic rings. The second kappa shape index (κ2) is 9.83. The minimum atomic E-state index is -4.42. The Morgan fingerprint density at radius 1 is 1.21 bits per heavy atom. The fourth-order valence-electron chi connectivity index (χ4n) is 5.62. The number of hydrogen-bond donors (Lipinski definition) is 1. The second-order valence-electron chi connectivity index (χ2n) is 11.3. The number of alkyl halides is 3. The van der Waals surface area contributed by atoms with Crippen LogP contribution in [0.1, 0.15) is 49.9 Å². The largest absolute Gasteiger partial charge is 0.481 e. The molecule has 1 aliphatic carbocycles. The number of carbonyl (C=O) groups is 1. The van der Waals surface area contributed by atoms with E-state index in [1.54, 1.807) is 24.3 Å². The zero-order valence-corrected chi connectivity index (χ0v) is 21.8. The first-order valence-corrected chi connectivity index (χ1v) is 12.9. The molecular weight excluding hydrogens is 499 g/mol. The summed E-state index contributed by atoms with van der Waals surface area (Å²) in [6.45, 7) is 4.71. The van der Waals surface area contributed by atoms with Gasteiger partial charge in [0.25, 0.3) is 5.89 Å². The molecule has 11 heteroatoms. The van der Waals surface area contributed by atoms with Gasteiger partial charge in [-0.15, -0.1) is 0 Å². The number of fused-ring (bicyclic) bond motifs is 1. The van der Waals surface area contributed by atoms with Crippen molar-refractivity contribution < 1.29 is 27.6 Å². The Bertz CT molecular complexity index is 1300. The van der Waals surface area contributed by atoms with E-state index in [-0.39, 0.29) is 43.7 Å². The van der Waals surface area contributed by atoms with Crippen molar-refractivity contribution in [2.45, 2.75) is 64.6 Å². The molecule has 0 amide bonds. The third kappa shape index (κ3) is 5.34. The van der Waals surface area contributed by atoms with Gasteiger partial charge in [0.05, 0.1) is 5.92 Å². The predicted octanol–water partition coefficient (Wildman–Crippen LogP) is 4.92. The Morgan fingerprint density at radius 2 is 1.89 bits per heavy atom. The molecule has 1 N–H and O–H groups in total. The number of aliphatic carboxylic acids is 1. The van der Waals surface area contributed by atoms with Gasteiger partial charge in [0.1, 0.15) is 11.7 Å². The number of aromatic nitrogens is 4. The first kappa shape index (κ1) is 26.4. The molecule has 1 fully saturated rings. The SMILES string of the molecule is Cn1nc(-c2noc(-c3ccc(CC(N4CCC(C(=O)O)CC4)C(F)(F)F)cc3)n2)c2c1CC(C)(C)CC2. The average molecular weight is 532 g/mol. The van der Waals surface area contributed by atoms with Crippen LogP contribution in [0.5, 0.6) is 0 Å². The Kier molecular flexibility index (Phi) is 6.83. The summed E-state index contributed by atoms with van der Waals surface area (Å²) in [6.07, 6.45) is -1.34. The zero-order chi connectivity index (χ0) is 27.2. The lowest BCUT2D eigenvalue weighted by Crippen LogP contribution is -2.50. The minimum absolute atomic E-state index is 0.110. The molecule has 8 nitrogen and oxygen atoms in total. The summed E-state index contributed by atoms with van der Waals surface area (Å²) in [4.78, 5) is 17.1. The van der Waals surface area contributed by atoms with Crippen LogP contribution in [0.25, 0.3) is 23.0 Å². The van der Waals surface area contributed by atoms with E-state index in [4.69, 9.17) is 9.63 Å². The molecule has 1 unspecified atom stereocenters. The molecule has 204 valence electrons. The molecule has 0 bridgehead atoms. The van der Waals surface area contributed by atoms with Crippen LogP contribution in [-0.4, -0.2) is 61.2 Å².